The van der Waals surface area contributed by atoms with Gasteiger partial charge in [-0.2, -0.15) is 13.2 Å². The van der Waals surface area contributed by atoms with Crippen LogP contribution in [0.3, 0.4) is 0 Å². The molecule has 0 bridgehead atoms. The van der Waals surface area contributed by atoms with Crippen LogP contribution in [0.4, 0.5) is 13.2 Å². The zero-order chi connectivity index (χ0) is 21.7. The molecule has 1 aliphatic rings. The summed E-state index contributed by atoms with van der Waals surface area (Å²) in [6.45, 7) is 4.04. The second-order valence-corrected chi connectivity index (χ2v) is 7.90. The summed E-state index contributed by atoms with van der Waals surface area (Å²) in [6, 6.07) is 10.1. The minimum absolute atomic E-state index is 0.0155. The van der Waals surface area contributed by atoms with Crippen molar-refractivity contribution >= 4 is 11.8 Å². The lowest BCUT2D eigenvalue weighted by Gasteiger charge is -2.33. The van der Waals surface area contributed by atoms with Crippen LogP contribution >= 0.6 is 11.8 Å². The van der Waals surface area contributed by atoms with Gasteiger partial charge in [-0.3, -0.25) is 0 Å². The molecule has 0 aromatic heterocycles. The largest absolute Gasteiger partial charge is 0.491 e. The van der Waals surface area contributed by atoms with Crippen LogP contribution in [0.1, 0.15) is 18.1 Å². The molecule has 1 atom stereocenters. The van der Waals surface area contributed by atoms with Crippen LogP contribution in [0.25, 0.3) is 0 Å². The van der Waals surface area contributed by atoms with Gasteiger partial charge in [0.2, 0.25) is 0 Å². The summed E-state index contributed by atoms with van der Waals surface area (Å²) in [5.41, 5.74) is 0.207. The molecule has 0 amide bonds. The predicted molar refractivity (Wildman–Crippen MR) is 106 cm³/mol. The zero-order valence-electron chi connectivity index (χ0n) is 16.5. The first-order valence-electron chi connectivity index (χ1n) is 9.36. The van der Waals surface area contributed by atoms with Crippen molar-refractivity contribution in [3.63, 3.8) is 0 Å². The van der Waals surface area contributed by atoms with Gasteiger partial charge in [0.15, 0.2) is 12.6 Å². The molecule has 0 unspecified atom stereocenters. The molecular weight excluding hydrogens is 421 g/mol. The van der Waals surface area contributed by atoms with Crippen molar-refractivity contribution in [2.24, 2.45) is 0 Å². The molecule has 9 heteroatoms. The zero-order valence-corrected chi connectivity index (χ0v) is 17.3. The molecule has 30 heavy (non-hydrogen) atoms. The van der Waals surface area contributed by atoms with E-state index >= 15 is 0 Å². The average Bonchev–Trinajstić information content (AvgIpc) is 2.68. The highest BCUT2D eigenvalue weighted by Gasteiger charge is 2.30. The van der Waals surface area contributed by atoms with Gasteiger partial charge in [-0.25, -0.2) is 0 Å². The van der Waals surface area contributed by atoms with Gasteiger partial charge in [0.1, 0.15) is 24.7 Å². The van der Waals surface area contributed by atoms with Crippen molar-refractivity contribution in [3.8, 4) is 11.5 Å². The van der Waals surface area contributed by atoms with Gasteiger partial charge in [-0.15, -0.1) is 11.8 Å². The van der Waals surface area contributed by atoms with Crippen molar-refractivity contribution in [3.05, 3.63) is 53.6 Å². The van der Waals surface area contributed by atoms with Crippen molar-refractivity contribution < 1.29 is 37.2 Å². The van der Waals surface area contributed by atoms with Crippen LogP contribution < -0.4 is 9.47 Å². The van der Waals surface area contributed by atoms with Crippen molar-refractivity contribution in [2.45, 2.75) is 43.6 Å². The molecule has 0 spiro atoms. The highest BCUT2D eigenvalue weighted by atomic mass is 32.2. The predicted octanol–water partition coefficient (Wildman–Crippen LogP) is 4.64. The maximum absolute atomic E-state index is 12.6. The molecule has 1 N–H and O–H groups in total. The third kappa shape index (κ3) is 6.53. The second-order valence-electron chi connectivity index (χ2n) is 6.81. The van der Waals surface area contributed by atoms with Crippen LogP contribution in [0.15, 0.2) is 47.4 Å². The Labute approximate surface area is 177 Å². The molecule has 0 saturated carbocycles. The lowest BCUT2D eigenvalue weighted by atomic mass is 10.2. The summed E-state index contributed by atoms with van der Waals surface area (Å²) in [4.78, 5) is 0.957. The summed E-state index contributed by atoms with van der Waals surface area (Å²) in [5.74, 6) is 1.39. The first-order valence-corrected chi connectivity index (χ1v) is 10.3. The van der Waals surface area contributed by atoms with E-state index in [0.717, 1.165) is 28.3 Å². The third-order valence-electron chi connectivity index (χ3n) is 4.27. The molecule has 2 aromatic carbocycles. The highest BCUT2D eigenvalue weighted by Crippen LogP contribution is 2.30. The van der Waals surface area contributed by atoms with E-state index in [1.165, 1.54) is 23.9 Å². The van der Waals surface area contributed by atoms with Crippen LogP contribution in [0, 0.1) is 6.92 Å². The molecule has 1 aliphatic heterocycles. The number of halogens is 3. The number of hydrogen-bond acceptors (Lipinski definition) is 6. The van der Waals surface area contributed by atoms with Crippen LogP contribution in [0.2, 0.25) is 0 Å². The Balaban J connectivity index is 1.40. The van der Waals surface area contributed by atoms with E-state index in [0.29, 0.717) is 12.4 Å². The van der Waals surface area contributed by atoms with Gasteiger partial charge in [-0.05, 0) is 61.9 Å². The minimum atomic E-state index is -4.38. The summed E-state index contributed by atoms with van der Waals surface area (Å²) < 4.78 is 59.4. The number of hydrogen-bond donors (Lipinski definition) is 1. The molecule has 2 aromatic rings. The Bertz CT molecular complexity index is 822. The summed E-state index contributed by atoms with van der Waals surface area (Å²) in [5, 5.41) is 10.1. The van der Waals surface area contributed by atoms with Crippen molar-refractivity contribution in [1.82, 2.24) is 0 Å². The monoisotopic (exact) mass is 444 g/mol. The van der Waals surface area contributed by atoms with Gasteiger partial charge in [0, 0.05) is 10.6 Å². The summed E-state index contributed by atoms with van der Waals surface area (Å²) in [7, 11) is 0. The number of benzene rings is 2. The first-order chi connectivity index (χ1) is 14.2. The molecule has 0 radical (unpaired) electrons. The van der Waals surface area contributed by atoms with Crippen molar-refractivity contribution in [1.29, 1.82) is 0 Å². The quantitative estimate of drug-likeness (QED) is 0.569. The van der Waals surface area contributed by atoms with Crippen molar-refractivity contribution in [2.75, 3.05) is 19.0 Å². The molecule has 164 valence electrons. The number of ether oxygens (including phenoxy) is 4. The molecule has 0 aliphatic carbocycles. The number of aliphatic hydroxyl groups excluding tert-OH is 1. The first kappa shape index (κ1) is 22.7. The Morgan fingerprint density at radius 1 is 1.10 bits per heavy atom. The smallest absolute Gasteiger partial charge is 0.416 e. The van der Waals surface area contributed by atoms with Crippen LogP contribution in [-0.2, 0) is 15.7 Å². The van der Waals surface area contributed by atoms with E-state index in [1.54, 1.807) is 0 Å². The van der Waals surface area contributed by atoms with Crippen LogP contribution in [0.5, 0.6) is 11.5 Å². The van der Waals surface area contributed by atoms with Gasteiger partial charge in [0.05, 0.1) is 11.7 Å². The molecule has 5 nitrogen and oxygen atoms in total. The van der Waals surface area contributed by atoms with Gasteiger partial charge >= 0.3 is 6.18 Å². The lowest BCUT2D eigenvalue weighted by molar-refractivity contribution is -0.380. The fourth-order valence-corrected chi connectivity index (χ4v) is 3.63. The Hall–Kier alpha value is -1.94. The SMILES string of the molecule is Cc1cc(SC[C@@H](O)COc2ccc(C(F)(F)F)cc2)ccc1OCC1OC(C)O1. The maximum Gasteiger partial charge on any atom is 0.416 e. The number of rotatable bonds is 9. The second kappa shape index (κ2) is 9.91. The summed E-state index contributed by atoms with van der Waals surface area (Å²) >= 11 is 1.45. The normalized spacial score (nSPS) is 19.8. The van der Waals surface area contributed by atoms with Gasteiger partial charge in [-0.1, -0.05) is 0 Å². The standard InChI is InChI=1S/C21H23F3O5S/c1-13-9-18(7-8-19(13)27-11-20-28-14(2)29-20)30-12-16(25)10-26-17-5-3-15(4-6-17)21(22,23)24/h3-9,14,16,20,25H,10-12H2,1-2H3/t14?,16-,20?/m0/s1. The number of thioether (sulfide) groups is 1. The molecule has 3 rings (SSSR count). The molecule has 1 saturated heterocycles. The fourth-order valence-electron chi connectivity index (χ4n) is 2.72. The van der Waals surface area contributed by atoms with E-state index in [4.69, 9.17) is 18.9 Å². The molecule has 1 heterocycles. The van der Waals surface area contributed by atoms with Gasteiger partial charge < -0.3 is 24.1 Å². The van der Waals surface area contributed by atoms with E-state index in [-0.39, 0.29) is 24.9 Å². The van der Waals surface area contributed by atoms with E-state index in [9.17, 15) is 18.3 Å². The van der Waals surface area contributed by atoms with E-state index < -0.39 is 17.8 Å². The topological polar surface area (TPSA) is 57.2 Å². The number of alkyl halides is 3. The molecular formula is C21H23F3O5S. The summed E-state index contributed by atoms with van der Waals surface area (Å²) in [6.07, 6.45) is -5.69. The lowest BCUT2D eigenvalue weighted by Crippen LogP contribution is -2.42. The van der Waals surface area contributed by atoms with E-state index in [2.05, 4.69) is 0 Å². The maximum atomic E-state index is 12.6. The number of aliphatic hydroxyl groups is 1. The Morgan fingerprint density at radius 3 is 2.40 bits per heavy atom. The van der Waals surface area contributed by atoms with Gasteiger partial charge in [0.25, 0.3) is 0 Å². The van der Waals surface area contributed by atoms with Crippen LogP contribution in [-0.4, -0.2) is 42.8 Å². The average molecular weight is 444 g/mol. The Kier molecular flexibility index (Phi) is 7.51. The fraction of sp³-hybridized carbons (Fsp3) is 0.429. The highest BCUT2D eigenvalue weighted by molar-refractivity contribution is 7.99. The third-order valence-corrected chi connectivity index (χ3v) is 5.41. The molecule has 1 fully saturated rings. The Morgan fingerprint density at radius 2 is 1.80 bits per heavy atom. The number of aryl methyl sites for hydroxylation is 1. The van der Waals surface area contributed by atoms with E-state index in [1.807, 2.05) is 32.0 Å². The minimum Gasteiger partial charge on any atom is -0.491 e.